The Morgan fingerprint density at radius 1 is 1.50 bits per heavy atom. The van der Waals surface area contributed by atoms with E-state index in [0.717, 1.165) is 11.3 Å². The Bertz CT molecular complexity index is 252. The number of methoxy groups -OCH3 is 1. The maximum Gasteiger partial charge on any atom is 0.119 e. The molecule has 1 atom stereocenters. The van der Waals surface area contributed by atoms with Gasteiger partial charge in [0.2, 0.25) is 0 Å². The molecule has 1 aromatic carbocycles. The van der Waals surface area contributed by atoms with Crippen molar-refractivity contribution in [3.8, 4) is 5.75 Å². The van der Waals surface area contributed by atoms with Crippen molar-refractivity contribution in [1.29, 1.82) is 0 Å². The molecule has 0 aromatic heterocycles. The normalized spacial score (nSPS) is 12.6. The molecule has 66 valence electrons. The molecule has 1 rings (SSSR count). The Balaban J connectivity index is 2.86. The SMILES string of the molecule is CNC(Br)c1cccc(OC)c1. The summed E-state index contributed by atoms with van der Waals surface area (Å²) in [4.78, 5) is 0.188. The van der Waals surface area contributed by atoms with Crippen molar-refractivity contribution in [1.82, 2.24) is 5.32 Å². The quantitative estimate of drug-likeness (QED) is 0.635. The molecule has 0 aliphatic carbocycles. The number of nitrogens with one attached hydrogen (secondary N) is 1. The fourth-order valence-electron chi connectivity index (χ4n) is 0.966. The molecule has 1 N–H and O–H groups in total. The van der Waals surface area contributed by atoms with Crippen LogP contribution >= 0.6 is 15.9 Å². The predicted octanol–water partition coefficient (Wildman–Crippen LogP) is 2.31. The van der Waals surface area contributed by atoms with Crippen LogP contribution in [0.5, 0.6) is 5.75 Å². The van der Waals surface area contributed by atoms with Gasteiger partial charge < -0.3 is 10.1 Å². The summed E-state index contributed by atoms with van der Waals surface area (Å²) in [6.07, 6.45) is 0. The summed E-state index contributed by atoms with van der Waals surface area (Å²) in [6, 6.07) is 7.94. The van der Waals surface area contributed by atoms with Gasteiger partial charge in [-0.05, 0) is 24.7 Å². The zero-order valence-corrected chi connectivity index (χ0v) is 8.76. The fraction of sp³-hybridized carbons (Fsp3) is 0.333. The highest BCUT2D eigenvalue weighted by Crippen LogP contribution is 2.22. The van der Waals surface area contributed by atoms with Gasteiger partial charge >= 0.3 is 0 Å². The van der Waals surface area contributed by atoms with Crippen LogP contribution in [-0.2, 0) is 0 Å². The first-order chi connectivity index (χ1) is 5.77. The third-order valence-corrected chi connectivity index (χ3v) is 2.63. The second-order valence-electron chi connectivity index (χ2n) is 2.43. The second kappa shape index (κ2) is 4.48. The van der Waals surface area contributed by atoms with Gasteiger partial charge in [0.25, 0.3) is 0 Å². The zero-order chi connectivity index (χ0) is 8.97. The molecular formula is C9H12BrNO. The van der Waals surface area contributed by atoms with Crippen LogP contribution in [0.4, 0.5) is 0 Å². The Morgan fingerprint density at radius 3 is 2.83 bits per heavy atom. The molecule has 0 heterocycles. The number of rotatable bonds is 3. The first kappa shape index (κ1) is 9.55. The van der Waals surface area contributed by atoms with Crippen molar-refractivity contribution in [2.24, 2.45) is 0 Å². The topological polar surface area (TPSA) is 21.3 Å². The summed E-state index contributed by atoms with van der Waals surface area (Å²) in [5, 5.41) is 3.09. The highest BCUT2D eigenvalue weighted by atomic mass is 79.9. The molecule has 0 aliphatic heterocycles. The van der Waals surface area contributed by atoms with Crippen LogP contribution in [0.25, 0.3) is 0 Å². The van der Waals surface area contributed by atoms with E-state index in [1.54, 1.807) is 7.11 Å². The lowest BCUT2D eigenvalue weighted by atomic mass is 10.2. The van der Waals surface area contributed by atoms with Crippen LogP contribution in [0.15, 0.2) is 24.3 Å². The molecule has 1 unspecified atom stereocenters. The maximum absolute atomic E-state index is 5.10. The molecule has 0 aliphatic rings. The fourth-order valence-corrected chi connectivity index (χ4v) is 1.25. The Labute approximate surface area is 81.1 Å². The van der Waals surface area contributed by atoms with Crippen molar-refractivity contribution in [3.05, 3.63) is 29.8 Å². The van der Waals surface area contributed by atoms with Gasteiger partial charge in [0.1, 0.15) is 5.75 Å². The number of ether oxygens (including phenoxy) is 1. The maximum atomic E-state index is 5.10. The standard InChI is InChI=1S/C9H12BrNO/c1-11-9(10)7-4-3-5-8(6-7)12-2/h3-6,9,11H,1-2H3. The predicted molar refractivity (Wildman–Crippen MR) is 53.7 cm³/mol. The molecule has 0 bridgehead atoms. The minimum absolute atomic E-state index is 0.188. The summed E-state index contributed by atoms with van der Waals surface area (Å²) in [5.41, 5.74) is 1.16. The smallest absolute Gasteiger partial charge is 0.119 e. The highest BCUT2D eigenvalue weighted by molar-refractivity contribution is 9.09. The van der Waals surface area contributed by atoms with E-state index in [2.05, 4.69) is 21.2 Å². The van der Waals surface area contributed by atoms with Crippen molar-refractivity contribution in [3.63, 3.8) is 0 Å². The lowest BCUT2D eigenvalue weighted by molar-refractivity contribution is 0.414. The monoisotopic (exact) mass is 229 g/mol. The summed E-state index contributed by atoms with van der Waals surface area (Å²) >= 11 is 3.48. The van der Waals surface area contributed by atoms with Crippen LogP contribution in [0.3, 0.4) is 0 Å². The largest absolute Gasteiger partial charge is 0.497 e. The molecule has 3 heteroatoms. The molecule has 12 heavy (non-hydrogen) atoms. The van der Waals surface area contributed by atoms with Gasteiger partial charge in [0.15, 0.2) is 0 Å². The van der Waals surface area contributed by atoms with E-state index in [4.69, 9.17) is 4.74 Å². The van der Waals surface area contributed by atoms with Gasteiger partial charge in [-0.15, -0.1) is 0 Å². The molecule has 0 amide bonds. The zero-order valence-electron chi connectivity index (χ0n) is 7.17. The summed E-state index contributed by atoms with van der Waals surface area (Å²) in [6.45, 7) is 0. The van der Waals surface area contributed by atoms with Gasteiger partial charge in [-0.25, -0.2) is 0 Å². The van der Waals surface area contributed by atoms with E-state index in [-0.39, 0.29) is 4.95 Å². The van der Waals surface area contributed by atoms with Gasteiger partial charge in [0.05, 0.1) is 12.1 Å². The first-order valence-corrected chi connectivity index (χ1v) is 4.64. The van der Waals surface area contributed by atoms with Crippen molar-refractivity contribution in [2.75, 3.05) is 14.2 Å². The molecule has 1 aromatic rings. The summed E-state index contributed by atoms with van der Waals surface area (Å²) in [5.74, 6) is 0.882. The van der Waals surface area contributed by atoms with E-state index in [1.165, 1.54) is 0 Å². The molecule has 0 saturated heterocycles. The molecule has 0 spiro atoms. The van der Waals surface area contributed by atoms with Crippen LogP contribution in [0.1, 0.15) is 10.5 Å². The number of hydrogen-bond acceptors (Lipinski definition) is 2. The molecule has 2 nitrogen and oxygen atoms in total. The molecule has 0 saturated carbocycles. The van der Waals surface area contributed by atoms with Gasteiger partial charge in [-0.3, -0.25) is 0 Å². The van der Waals surface area contributed by atoms with Crippen LogP contribution in [0.2, 0.25) is 0 Å². The number of halogens is 1. The molecular weight excluding hydrogens is 218 g/mol. The third kappa shape index (κ3) is 2.22. The number of hydrogen-bond donors (Lipinski definition) is 1. The van der Waals surface area contributed by atoms with Crippen molar-refractivity contribution < 1.29 is 4.74 Å². The van der Waals surface area contributed by atoms with Crippen molar-refractivity contribution in [2.45, 2.75) is 4.95 Å². The number of alkyl halides is 1. The van der Waals surface area contributed by atoms with Gasteiger partial charge in [0, 0.05) is 0 Å². The number of benzene rings is 1. The average molecular weight is 230 g/mol. The van der Waals surface area contributed by atoms with Gasteiger partial charge in [-0.2, -0.15) is 0 Å². The minimum Gasteiger partial charge on any atom is -0.497 e. The molecule has 0 radical (unpaired) electrons. The van der Waals surface area contributed by atoms with Crippen molar-refractivity contribution >= 4 is 15.9 Å². The summed E-state index contributed by atoms with van der Waals surface area (Å²) < 4.78 is 5.10. The van der Waals surface area contributed by atoms with Crippen LogP contribution < -0.4 is 10.1 Å². The average Bonchev–Trinajstić information content (AvgIpc) is 2.17. The first-order valence-electron chi connectivity index (χ1n) is 3.73. The molecule has 0 fully saturated rings. The van der Waals surface area contributed by atoms with E-state index in [9.17, 15) is 0 Å². The Hall–Kier alpha value is -0.540. The van der Waals surface area contributed by atoms with E-state index < -0.39 is 0 Å². The van der Waals surface area contributed by atoms with E-state index >= 15 is 0 Å². The van der Waals surface area contributed by atoms with Gasteiger partial charge in [-0.1, -0.05) is 28.1 Å². The third-order valence-electron chi connectivity index (χ3n) is 1.64. The second-order valence-corrected chi connectivity index (χ2v) is 3.34. The minimum atomic E-state index is 0.188. The van der Waals surface area contributed by atoms with E-state index in [0.29, 0.717) is 0 Å². The Kier molecular flexibility index (Phi) is 3.56. The Morgan fingerprint density at radius 2 is 2.25 bits per heavy atom. The lowest BCUT2D eigenvalue weighted by Gasteiger charge is -2.09. The highest BCUT2D eigenvalue weighted by Gasteiger charge is 2.03. The van der Waals surface area contributed by atoms with E-state index in [1.807, 2.05) is 31.3 Å². The summed E-state index contributed by atoms with van der Waals surface area (Å²) in [7, 11) is 3.57. The lowest BCUT2D eigenvalue weighted by Crippen LogP contribution is -2.09. The van der Waals surface area contributed by atoms with Crippen LogP contribution in [0, 0.1) is 0 Å². The van der Waals surface area contributed by atoms with Crippen LogP contribution in [-0.4, -0.2) is 14.2 Å².